The number of hydrogen-bond acceptors (Lipinski definition) is 1. The molecule has 0 heterocycles. The second-order valence-electron chi connectivity index (χ2n) is 3.09. The van der Waals surface area contributed by atoms with Gasteiger partial charge < -0.3 is 4.74 Å². The molecule has 0 fully saturated rings. The second kappa shape index (κ2) is 5.52. The summed E-state index contributed by atoms with van der Waals surface area (Å²) in [4.78, 5) is 0. The third-order valence-corrected chi connectivity index (χ3v) is 3.01. The lowest BCUT2D eigenvalue weighted by Gasteiger charge is -2.27. The average Bonchev–Trinajstić information content (AvgIpc) is 2.13. The van der Waals surface area contributed by atoms with E-state index in [0.29, 0.717) is 0 Å². The fourth-order valence-electron chi connectivity index (χ4n) is 0.593. The number of rotatable bonds is 6. The Morgan fingerprint density at radius 2 is 0.895 bits per heavy atom. The molecule has 0 unspecified atom stereocenters. The lowest BCUT2D eigenvalue weighted by Crippen LogP contribution is -2.41. The minimum Gasteiger partial charge on any atom is -0.454 e. The molecule has 0 bridgehead atoms. The van der Waals surface area contributed by atoms with Crippen LogP contribution in [0.1, 0.15) is 0 Å². The molecule has 11 heteroatoms. The molecule has 0 aliphatic carbocycles. The van der Waals surface area contributed by atoms with Crippen LogP contribution in [0, 0.1) is 0 Å². The highest BCUT2D eigenvalue weighted by atomic mass is 127. The Balaban J connectivity index is 5.11. The lowest BCUT2D eigenvalue weighted by molar-refractivity contribution is -0.161. The molecular weight excluding hydrogens is 518 g/mol. The molecule has 0 radical (unpaired) electrons. The van der Waals surface area contributed by atoms with Gasteiger partial charge >= 0.3 is 19.7 Å². The van der Waals surface area contributed by atoms with E-state index in [-0.39, 0.29) is 45.2 Å². The van der Waals surface area contributed by atoms with E-state index in [2.05, 4.69) is 17.9 Å². The van der Waals surface area contributed by atoms with Gasteiger partial charge in [0.25, 0.3) is 0 Å². The van der Waals surface area contributed by atoms with Crippen LogP contribution in [0.3, 0.4) is 0 Å². The molecule has 0 spiro atoms. The fraction of sp³-hybridized carbons (Fsp3) is 0.500. The van der Waals surface area contributed by atoms with Crippen molar-refractivity contribution in [1.82, 2.24) is 0 Å². The molecule has 0 atom stereocenters. The SMILES string of the molecule is C=C(OC(=C)C(F)(F)C(F)(F)I)C(F)(F)C(F)(F)I. The first kappa shape index (κ1) is 19.2. The number of halogens is 10. The molecule has 0 aromatic heterocycles. The molecule has 0 N–H and O–H groups in total. The van der Waals surface area contributed by atoms with Gasteiger partial charge in [-0.3, -0.25) is 0 Å². The predicted octanol–water partition coefficient (Wildman–Crippen LogP) is 5.36. The van der Waals surface area contributed by atoms with Crippen LogP contribution in [0.5, 0.6) is 0 Å². The van der Waals surface area contributed by atoms with Crippen molar-refractivity contribution in [3.63, 3.8) is 0 Å². The molecule has 0 rings (SSSR count). The van der Waals surface area contributed by atoms with Gasteiger partial charge in [0.15, 0.2) is 11.5 Å². The van der Waals surface area contributed by atoms with Gasteiger partial charge in [-0.1, -0.05) is 13.2 Å². The van der Waals surface area contributed by atoms with E-state index < -0.39 is 31.2 Å². The maximum atomic E-state index is 12.9. The van der Waals surface area contributed by atoms with Crippen molar-refractivity contribution in [2.24, 2.45) is 0 Å². The van der Waals surface area contributed by atoms with Crippen molar-refractivity contribution >= 4 is 45.2 Å². The summed E-state index contributed by atoms with van der Waals surface area (Å²) in [6.07, 6.45) is 0. The number of allylic oxidation sites excluding steroid dienone is 2. The van der Waals surface area contributed by atoms with Crippen molar-refractivity contribution in [2.45, 2.75) is 19.7 Å². The minimum absolute atomic E-state index is 0.0275. The Kier molecular flexibility index (Phi) is 5.57. The Labute approximate surface area is 129 Å². The third-order valence-electron chi connectivity index (χ3n) is 1.66. The van der Waals surface area contributed by atoms with Crippen LogP contribution in [0.25, 0.3) is 0 Å². The normalized spacial score (nSPS) is 14.2. The molecule has 0 saturated heterocycles. The molecular formula is C8H4F8I2O. The van der Waals surface area contributed by atoms with Crippen LogP contribution < -0.4 is 0 Å². The van der Waals surface area contributed by atoms with E-state index in [9.17, 15) is 35.1 Å². The van der Waals surface area contributed by atoms with Crippen LogP contribution in [0.4, 0.5) is 35.1 Å². The highest BCUT2D eigenvalue weighted by molar-refractivity contribution is 14.1. The van der Waals surface area contributed by atoms with E-state index in [1.54, 1.807) is 0 Å². The Morgan fingerprint density at radius 1 is 0.684 bits per heavy atom. The van der Waals surface area contributed by atoms with Gasteiger partial charge in [0.2, 0.25) is 0 Å². The molecule has 0 aliphatic heterocycles. The summed E-state index contributed by atoms with van der Waals surface area (Å²) in [7, 11) is 0. The van der Waals surface area contributed by atoms with E-state index >= 15 is 0 Å². The highest BCUT2D eigenvalue weighted by Crippen LogP contribution is 2.48. The second-order valence-corrected chi connectivity index (χ2v) is 5.80. The summed E-state index contributed by atoms with van der Waals surface area (Å²) in [6.45, 7) is 4.66. The number of hydrogen-bond donors (Lipinski definition) is 0. The zero-order chi connectivity index (χ0) is 15.9. The maximum Gasteiger partial charge on any atom is 0.375 e. The van der Waals surface area contributed by atoms with Crippen LogP contribution in [0.15, 0.2) is 24.7 Å². The van der Waals surface area contributed by atoms with Gasteiger partial charge in [0, 0.05) is 45.2 Å². The molecule has 19 heavy (non-hydrogen) atoms. The Morgan fingerprint density at radius 3 is 1.05 bits per heavy atom. The zero-order valence-corrected chi connectivity index (χ0v) is 12.9. The third kappa shape index (κ3) is 4.07. The quantitative estimate of drug-likeness (QED) is 0.198. The monoisotopic (exact) mass is 522 g/mol. The van der Waals surface area contributed by atoms with Gasteiger partial charge in [0.1, 0.15) is 0 Å². The van der Waals surface area contributed by atoms with Crippen LogP contribution in [-0.2, 0) is 4.74 Å². The first-order valence-electron chi connectivity index (χ1n) is 4.01. The molecule has 1 nitrogen and oxygen atoms in total. The van der Waals surface area contributed by atoms with Gasteiger partial charge in [-0.25, -0.2) is 0 Å². The van der Waals surface area contributed by atoms with E-state index in [1.165, 1.54) is 0 Å². The average molecular weight is 522 g/mol. The van der Waals surface area contributed by atoms with E-state index in [1.807, 2.05) is 0 Å². The van der Waals surface area contributed by atoms with Crippen molar-refractivity contribution in [3.05, 3.63) is 24.7 Å². The molecule has 0 aromatic carbocycles. The summed E-state index contributed by atoms with van der Waals surface area (Å²) in [5.74, 6) is -14.3. The molecule has 0 aromatic rings. The topological polar surface area (TPSA) is 9.23 Å². The zero-order valence-electron chi connectivity index (χ0n) is 8.60. The summed E-state index contributed by atoms with van der Waals surface area (Å²) in [6, 6.07) is 0. The smallest absolute Gasteiger partial charge is 0.375 e. The minimum atomic E-state index is -5.03. The van der Waals surface area contributed by atoms with E-state index in [0.717, 1.165) is 0 Å². The standard InChI is InChI=1S/C8H4F8I2O/c1-3(5(9,10)7(13,14)17)19-4(2)6(11,12)8(15,16)18/h1-2H2. The van der Waals surface area contributed by atoms with Crippen molar-refractivity contribution in [2.75, 3.05) is 0 Å². The van der Waals surface area contributed by atoms with Gasteiger partial charge in [-0.05, 0) is 0 Å². The molecule has 112 valence electrons. The highest BCUT2D eigenvalue weighted by Gasteiger charge is 2.61. The molecule has 0 amide bonds. The van der Waals surface area contributed by atoms with Gasteiger partial charge in [-0.2, -0.15) is 35.1 Å². The van der Waals surface area contributed by atoms with Crippen LogP contribution in [0.2, 0.25) is 0 Å². The van der Waals surface area contributed by atoms with Crippen molar-refractivity contribution in [1.29, 1.82) is 0 Å². The Hall–Kier alpha value is 0.180. The predicted molar refractivity (Wildman–Crippen MR) is 67.2 cm³/mol. The maximum absolute atomic E-state index is 12.9. The van der Waals surface area contributed by atoms with Crippen molar-refractivity contribution < 1.29 is 39.9 Å². The summed E-state index contributed by atoms with van der Waals surface area (Å²) in [5, 5.41) is 0. The first-order chi connectivity index (χ1) is 8.05. The summed E-state index contributed by atoms with van der Waals surface area (Å²) in [5.41, 5.74) is 0. The van der Waals surface area contributed by atoms with Crippen LogP contribution in [-0.4, -0.2) is 19.7 Å². The number of ether oxygens (including phenoxy) is 1. The van der Waals surface area contributed by atoms with E-state index in [4.69, 9.17) is 0 Å². The molecule has 0 aliphatic rings. The largest absolute Gasteiger partial charge is 0.454 e. The molecule has 0 saturated carbocycles. The Bertz CT molecular complexity index is 345. The summed E-state index contributed by atoms with van der Waals surface area (Å²) < 4.78 is 95.7. The number of alkyl halides is 10. The summed E-state index contributed by atoms with van der Waals surface area (Å²) >= 11 is 0.0550. The van der Waals surface area contributed by atoms with Gasteiger partial charge in [0.05, 0.1) is 0 Å². The fourth-order valence-corrected chi connectivity index (χ4v) is 1.19. The van der Waals surface area contributed by atoms with Gasteiger partial charge in [-0.15, -0.1) is 0 Å². The lowest BCUT2D eigenvalue weighted by atomic mass is 10.2. The van der Waals surface area contributed by atoms with Crippen molar-refractivity contribution in [3.8, 4) is 0 Å². The van der Waals surface area contributed by atoms with Crippen LogP contribution >= 0.6 is 45.2 Å². The first-order valence-corrected chi connectivity index (χ1v) is 6.16.